The fraction of sp³-hybridized carbons (Fsp3) is 0.278. The Morgan fingerprint density at radius 1 is 0.475 bits per heavy atom. The first-order valence-corrected chi connectivity index (χ1v) is 14.9. The van der Waals surface area contributed by atoms with Crippen LogP contribution in [0.1, 0.15) is 50.7 Å². The van der Waals surface area contributed by atoms with E-state index >= 15 is 0 Å². The maximum absolute atomic E-state index is 4.91. The van der Waals surface area contributed by atoms with Crippen LogP contribution in [0.5, 0.6) is 0 Å². The second kappa shape index (κ2) is 11.9. The number of aryl methyl sites for hydroxylation is 2. The van der Waals surface area contributed by atoms with E-state index in [2.05, 4.69) is 109 Å². The molecule has 202 valence electrons. The predicted octanol–water partition coefficient (Wildman–Crippen LogP) is 9.30. The van der Waals surface area contributed by atoms with Gasteiger partial charge in [-0.1, -0.05) is 75.2 Å². The molecule has 4 aromatic carbocycles. The van der Waals surface area contributed by atoms with Gasteiger partial charge in [0.25, 0.3) is 0 Å². The van der Waals surface area contributed by atoms with Crippen LogP contribution in [0.25, 0.3) is 43.6 Å². The van der Waals surface area contributed by atoms with Crippen LogP contribution < -0.4 is 10.6 Å². The SMILES string of the molecule is CCc1ccc2nc3ccccc3c(NCCCCCCNc3c4ccccc4nc4ccc(CC)cc34)c2c1. The normalized spacial score (nSPS) is 11.6. The zero-order chi connectivity index (χ0) is 27.3. The number of rotatable bonds is 11. The molecule has 0 saturated carbocycles. The second-order valence-corrected chi connectivity index (χ2v) is 10.7. The Kier molecular flexibility index (Phi) is 7.76. The van der Waals surface area contributed by atoms with E-state index in [1.165, 1.54) is 56.9 Å². The largest absolute Gasteiger partial charge is 0.384 e. The summed E-state index contributed by atoms with van der Waals surface area (Å²) in [4.78, 5) is 9.83. The molecular weight excluding hydrogens is 488 g/mol. The molecule has 0 aliphatic carbocycles. The number of unbranched alkanes of at least 4 members (excludes halogenated alkanes) is 3. The van der Waals surface area contributed by atoms with Gasteiger partial charge in [0.2, 0.25) is 0 Å². The fourth-order valence-electron chi connectivity index (χ4n) is 5.73. The maximum Gasteiger partial charge on any atom is 0.0730 e. The Labute approximate surface area is 236 Å². The molecule has 0 amide bonds. The highest BCUT2D eigenvalue weighted by Gasteiger charge is 2.11. The Hall–Kier alpha value is -4.18. The lowest BCUT2D eigenvalue weighted by atomic mass is 10.0. The average molecular weight is 527 g/mol. The molecule has 0 unspecified atom stereocenters. The molecule has 0 aliphatic rings. The molecule has 6 rings (SSSR count). The number of aromatic nitrogens is 2. The summed E-state index contributed by atoms with van der Waals surface area (Å²) in [7, 11) is 0. The molecule has 0 aliphatic heterocycles. The van der Waals surface area contributed by atoms with Crippen molar-refractivity contribution in [2.75, 3.05) is 23.7 Å². The van der Waals surface area contributed by atoms with Crippen molar-refractivity contribution < 1.29 is 0 Å². The van der Waals surface area contributed by atoms with Crippen LogP contribution in [-0.4, -0.2) is 23.1 Å². The van der Waals surface area contributed by atoms with E-state index in [0.29, 0.717) is 0 Å². The van der Waals surface area contributed by atoms with Gasteiger partial charge in [-0.2, -0.15) is 0 Å². The van der Waals surface area contributed by atoms with Gasteiger partial charge in [0.15, 0.2) is 0 Å². The molecule has 0 atom stereocenters. The first-order valence-electron chi connectivity index (χ1n) is 14.9. The van der Waals surface area contributed by atoms with Crippen LogP contribution in [0.15, 0.2) is 84.9 Å². The molecule has 0 saturated heterocycles. The standard InChI is InChI=1S/C36H38N4/c1-3-25-17-19-33-29(23-25)35(27-13-7-9-15-31(27)39-33)37-21-11-5-6-12-22-38-36-28-14-8-10-16-32(28)40-34-20-18-26(4-2)24-30(34)36/h7-10,13-20,23-24H,3-6,11-12,21-22H2,1-2H3,(H,37,39)(H,38,40). The lowest BCUT2D eigenvalue weighted by molar-refractivity contribution is 0.671. The van der Waals surface area contributed by atoms with Gasteiger partial charge in [0, 0.05) is 34.6 Å². The molecule has 0 spiro atoms. The molecule has 2 N–H and O–H groups in total. The summed E-state index contributed by atoms with van der Waals surface area (Å²) in [5.41, 5.74) is 9.37. The predicted molar refractivity (Wildman–Crippen MR) is 173 cm³/mol. The van der Waals surface area contributed by atoms with Crippen LogP contribution >= 0.6 is 0 Å². The molecule has 6 aromatic rings. The molecule has 0 fully saturated rings. The van der Waals surface area contributed by atoms with Crippen LogP contribution in [-0.2, 0) is 12.8 Å². The van der Waals surface area contributed by atoms with Crippen molar-refractivity contribution in [3.63, 3.8) is 0 Å². The minimum absolute atomic E-state index is 0.965. The topological polar surface area (TPSA) is 49.8 Å². The van der Waals surface area contributed by atoms with Crippen LogP contribution in [0, 0.1) is 0 Å². The molecule has 0 radical (unpaired) electrons. The summed E-state index contributed by atoms with van der Waals surface area (Å²) < 4.78 is 0. The van der Waals surface area contributed by atoms with E-state index in [1.807, 2.05) is 0 Å². The zero-order valence-electron chi connectivity index (χ0n) is 23.6. The molecule has 0 bridgehead atoms. The Bertz CT molecular complexity index is 1660. The fourth-order valence-corrected chi connectivity index (χ4v) is 5.73. The Morgan fingerprint density at radius 2 is 0.900 bits per heavy atom. The third kappa shape index (κ3) is 5.31. The van der Waals surface area contributed by atoms with Crippen molar-refractivity contribution in [2.45, 2.75) is 52.4 Å². The van der Waals surface area contributed by atoms with Crippen molar-refractivity contribution in [2.24, 2.45) is 0 Å². The number of hydrogen-bond acceptors (Lipinski definition) is 4. The minimum Gasteiger partial charge on any atom is -0.384 e. The summed E-state index contributed by atoms with van der Waals surface area (Å²) in [6.45, 7) is 6.35. The van der Waals surface area contributed by atoms with Gasteiger partial charge >= 0.3 is 0 Å². The maximum atomic E-state index is 4.91. The molecule has 4 nitrogen and oxygen atoms in total. The van der Waals surface area contributed by atoms with E-state index in [9.17, 15) is 0 Å². The van der Waals surface area contributed by atoms with Crippen LogP contribution in [0.3, 0.4) is 0 Å². The van der Waals surface area contributed by atoms with Gasteiger partial charge in [0.05, 0.1) is 33.4 Å². The van der Waals surface area contributed by atoms with E-state index in [0.717, 1.165) is 60.8 Å². The minimum atomic E-state index is 0.965. The van der Waals surface area contributed by atoms with Crippen LogP contribution in [0.2, 0.25) is 0 Å². The number of para-hydroxylation sites is 2. The smallest absolute Gasteiger partial charge is 0.0730 e. The number of benzene rings is 4. The third-order valence-electron chi connectivity index (χ3n) is 8.01. The first kappa shape index (κ1) is 26.1. The summed E-state index contributed by atoms with van der Waals surface area (Å²) >= 11 is 0. The molecule has 40 heavy (non-hydrogen) atoms. The van der Waals surface area contributed by atoms with Crippen molar-refractivity contribution in [3.05, 3.63) is 96.1 Å². The van der Waals surface area contributed by atoms with E-state index < -0.39 is 0 Å². The quantitative estimate of drug-likeness (QED) is 0.130. The van der Waals surface area contributed by atoms with Gasteiger partial charge in [-0.25, -0.2) is 9.97 Å². The molecular formula is C36H38N4. The van der Waals surface area contributed by atoms with Crippen molar-refractivity contribution in [1.82, 2.24) is 9.97 Å². The van der Waals surface area contributed by atoms with Gasteiger partial charge < -0.3 is 10.6 Å². The Morgan fingerprint density at radius 3 is 1.35 bits per heavy atom. The monoisotopic (exact) mass is 526 g/mol. The number of nitrogens with zero attached hydrogens (tertiary/aromatic N) is 2. The summed E-state index contributed by atoms with van der Waals surface area (Å²) in [6, 6.07) is 30.3. The lowest BCUT2D eigenvalue weighted by Gasteiger charge is -2.15. The second-order valence-electron chi connectivity index (χ2n) is 10.7. The summed E-state index contributed by atoms with van der Waals surface area (Å²) in [5.74, 6) is 0. The van der Waals surface area contributed by atoms with Crippen molar-refractivity contribution >= 4 is 55.0 Å². The molecule has 2 heterocycles. The van der Waals surface area contributed by atoms with Gasteiger partial charge in [-0.05, 0) is 73.2 Å². The van der Waals surface area contributed by atoms with E-state index in [1.54, 1.807) is 0 Å². The number of hydrogen-bond donors (Lipinski definition) is 2. The highest BCUT2D eigenvalue weighted by atomic mass is 14.9. The molecule has 4 heteroatoms. The summed E-state index contributed by atoms with van der Waals surface area (Å²) in [6.07, 6.45) is 6.75. The summed E-state index contributed by atoms with van der Waals surface area (Å²) in [5, 5.41) is 12.4. The van der Waals surface area contributed by atoms with Gasteiger partial charge in [-0.15, -0.1) is 0 Å². The Balaban J connectivity index is 1.08. The third-order valence-corrected chi connectivity index (χ3v) is 8.01. The first-order chi connectivity index (χ1) is 19.7. The average Bonchev–Trinajstić information content (AvgIpc) is 3.00. The number of pyridine rings is 2. The number of fused-ring (bicyclic) bond motifs is 4. The van der Waals surface area contributed by atoms with Crippen LogP contribution in [0.4, 0.5) is 11.4 Å². The van der Waals surface area contributed by atoms with Gasteiger partial charge in [0.1, 0.15) is 0 Å². The van der Waals surface area contributed by atoms with E-state index in [-0.39, 0.29) is 0 Å². The zero-order valence-corrected chi connectivity index (χ0v) is 23.6. The molecule has 2 aromatic heterocycles. The van der Waals surface area contributed by atoms with Crippen molar-refractivity contribution in [1.29, 1.82) is 0 Å². The van der Waals surface area contributed by atoms with E-state index in [4.69, 9.17) is 9.97 Å². The highest BCUT2D eigenvalue weighted by Crippen LogP contribution is 2.33. The highest BCUT2D eigenvalue weighted by molar-refractivity contribution is 6.08. The number of anilines is 2. The number of nitrogens with one attached hydrogen (secondary N) is 2. The van der Waals surface area contributed by atoms with Crippen molar-refractivity contribution in [3.8, 4) is 0 Å². The van der Waals surface area contributed by atoms with Gasteiger partial charge in [-0.3, -0.25) is 0 Å². The lowest BCUT2D eigenvalue weighted by Crippen LogP contribution is -2.05.